The molecular weight excluding hydrogens is 249 g/mol. The van der Waals surface area contributed by atoms with Crippen LogP contribution in [0.1, 0.15) is 63.1 Å². The minimum atomic E-state index is -0.0145. The number of halogens is 1. The predicted octanol–water partition coefficient (Wildman–Crippen LogP) is 5.00. The zero-order valence-electron chi connectivity index (χ0n) is 13.1. The average Bonchev–Trinajstić information content (AvgIpc) is 2.44. The molecule has 20 heavy (non-hydrogen) atoms. The zero-order valence-corrected chi connectivity index (χ0v) is 13.1. The van der Waals surface area contributed by atoms with Crippen LogP contribution in [-0.2, 0) is 0 Å². The molecule has 1 N–H and O–H groups in total. The maximum absolute atomic E-state index is 14.5. The normalized spacial score (nSPS) is 24.6. The van der Waals surface area contributed by atoms with Crippen LogP contribution in [0.25, 0.3) is 0 Å². The van der Waals surface area contributed by atoms with Crippen molar-refractivity contribution >= 4 is 0 Å². The fourth-order valence-electron chi connectivity index (χ4n) is 3.52. The third-order valence-electron chi connectivity index (χ3n) is 4.62. The predicted molar refractivity (Wildman–Crippen MR) is 83.3 cm³/mol. The van der Waals surface area contributed by atoms with Gasteiger partial charge in [0.05, 0.1) is 0 Å². The van der Waals surface area contributed by atoms with E-state index in [0.29, 0.717) is 5.92 Å². The first-order chi connectivity index (χ1) is 9.63. The van der Waals surface area contributed by atoms with Gasteiger partial charge in [0.1, 0.15) is 5.82 Å². The van der Waals surface area contributed by atoms with E-state index in [9.17, 15) is 4.39 Å². The van der Waals surface area contributed by atoms with Crippen LogP contribution in [0.5, 0.6) is 0 Å². The lowest BCUT2D eigenvalue weighted by Gasteiger charge is -2.34. The van der Waals surface area contributed by atoms with Crippen molar-refractivity contribution in [3.63, 3.8) is 0 Å². The summed E-state index contributed by atoms with van der Waals surface area (Å²) in [5, 5.41) is 3.60. The summed E-state index contributed by atoms with van der Waals surface area (Å²) in [6.45, 7) is 7.32. The molecule has 0 bridgehead atoms. The lowest BCUT2D eigenvalue weighted by atomic mass is 9.76. The lowest BCUT2D eigenvalue weighted by Crippen LogP contribution is -2.32. The van der Waals surface area contributed by atoms with Gasteiger partial charge < -0.3 is 5.32 Å². The van der Waals surface area contributed by atoms with E-state index in [1.807, 2.05) is 25.1 Å². The van der Waals surface area contributed by atoms with Crippen LogP contribution in [0.3, 0.4) is 0 Å². The topological polar surface area (TPSA) is 12.0 Å². The van der Waals surface area contributed by atoms with Crippen LogP contribution in [0.2, 0.25) is 0 Å². The standard InChI is InChI=1S/C18H28FN/c1-4-11-20-18(15-9-5-7-13(2)12-15)16-10-6-8-14(3)17(16)19/h6,8,10,13,15,18,20H,4-5,7,9,11-12H2,1-3H3. The van der Waals surface area contributed by atoms with E-state index in [-0.39, 0.29) is 11.9 Å². The van der Waals surface area contributed by atoms with Crippen molar-refractivity contribution in [3.05, 3.63) is 35.1 Å². The molecule has 0 saturated heterocycles. The molecule has 1 aromatic carbocycles. The third-order valence-corrected chi connectivity index (χ3v) is 4.62. The molecule has 3 unspecified atom stereocenters. The van der Waals surface area contributed by atoms with Crippen LogP contribution in [0, 0.1) is 24.6 Å². The molecule has 2 rings (SSSR count). The number of rotatable bonds is 5. The maximum Gasteiger partial charge on any atom is 0.130 e. The fraction of sp³-hybridized carbons (Fsp3) is 0.667. The monoisotopic (exact) mass is 277 g/mol. The second kappa shape index (κ2) is 7.21. The fourth-order valence-corrected chi connectivity index (χ4v) is 3.52. The lowest BCUT2D eigenvalue weighted by molar-refractivity contribution is 0.220. The van der Waals surface area contributed by atoms with E-state index in [1.54, 1.807) is 0 Å². The molecule has 0 aromatic heterocycles. The molecule has 1 aromatic rings. The van der Waals surface area contributed by atoms with Gasteiger partial charge in [0.25, 0.3) is 0 Å². The van der Waals surface area contributed by atoms with Crippen LogP contribution in [0.15, 0.2) is 18.2 Å². The summed E-state index contributed by atoms with van der Waals surface area (Å²) in [5.41, 5.74) is 1.63. The van der Waals surface area contributed by atoms with Gasteiger partial charge in [0, 0.05) is 11.6 Å². The Labute approximate surface area is 123 Å². The molecule has 1 aliphatic carbocycles. The molecule has 0 heterocycles. The summed E-state index contributed by atoms with van der Waals surface area (Å²) < 4.78 is 14.5. The van der Waals surface area contributed by atoms with Gasteiger partial charge in [-0.15, -0.1) is 0 Å². The molecule has 1 fully saturated rings. The first kappa shape index (κ1) is 15.5. The Hall–Kier alpha value is -0.890. The van der Waals surface area contributed by atoms with Crippen molar-refractivity contribution in [2.75, 3.05) is 6.54 Å². The number of aryl methyl sites for hydroxylation is 1. The zero-order chi connectivity index (χ0) is 14.5. The third kappa shape index (κ3) is 3.60. The highest BCUT2D eigenvalue weighted by molar-refractivity contribution is 5.28. The van der Waals surface area contributed by atoms with Crippen LogP contribution in [0.4, 0.5) is 4.39 Å². The van der Waals surface area contributed by atoms with E-state index in [2.05, 4.69) is 19.2 Å². The summed E-state index contributed by atoms with van der Waals surface area (Å²) >= 11 is 0. The summed E-state index contributed by atoms with van der Waals surface area (Å²) in [6.07, 6.45) is 6.14. The van der Waals surface area contributed by atoms with Gasteiger partial charge >= 0.3 is 0 Å². The van der Waals surface area contributed by atoms with E-state index >= 15 is 0 Å². The van der Waals surface area contributed by atoms with E-state index in [1.165, 1.54) is 25.7 Å². The van der Waals surface area contributed by atoms with Crippen molar-refractivity contribution in [2.45, 2.75) is 58.9 Å². The van der Waals surface area contributed by atoms with Gasteiger partial charge in [-0.05, 0) is 50.1 Å². The number of hydrogen-bond acceptors (Lipinski definition) is 1. The molecule has 0 aliphatic heterocycles. The van der Waals surface area contributed by atoms with Gasteiger partial charge in [-0.25, -0.2) is 4.39 Å². The Kier molecular flexibility index (Phi) is 5.59. The Morgan fingerprint density at radius 3 is 2.85 bits per heavy atom. The SMILES string of the molecule is CCCNC(c1cccc(C)c1F)C1CCCC(C)C1. The first-order valence-electron chi connectivity index (χ1n) is 8.11. The van der Waals surface area contributed by atoms with Crippen LogP contribution in [-0.4, -0.2) is 6.54 Å². The summed E-state index contributed by atoms with van der Waals surface area (Å²) in [6, 6.07) is 5.99. The van der Waals surface area contributed by atoms with Gasteiger partial charge in [0.15, 0.2) is 0 Å². The van der Waals surface area contributed by atoms with Crippen LogP contribution >= 0.6 is 0 Å². The Balaban J connectivity index is 2.24. The Morgan fingerprint density at radius 1 is 1.35 bits per heavy atom. The second-order valence-electron chi connectivity index (χ2n) is 6.44. The highest BCUT2D eigenvalue weighted by Gasteiger charge is 2.29. The Bertz CT molecular complexity index is 429. The number of nitrogens with one attached hydrogen (secondary N) is 1. The number of benzene rings is 1. The molecule has 0 amide bonds. The molecule has 112 valence electrons. The summed E-state index contributed by atoms with van der Waals surface area (Å²) in [4.78, 5) is 0. The quantitative estimate of drug-likeness (QED) is 0.798. The van der Waals surface area contributed by atoms with Crippen molar-refractivity contribution in [2.24, 2.45) is 11.8 Å². The molecule has 1 nitrogen and oxygen atoms in total. The van der Waals surface area contributed by atoms with Gasteiger partial charge in [-0.1, -0.05) is 44.9 Å². The maximum atomic E-state index is 14.5. The molecular formula is C18H28FN. The van der Waals surface area contributed by atoms with Crippen molar-refractivity contribution in [3.8, 4) is 0 Å². The van der Waals surface area contributed by atoms with Crippen molar-refractivity contribution < 1.29 is 4.39 Å². The summed E-state index contributed by atoms with van der Waals surface area (Å²) in [5.74, 6) is 1.33. The average molecular weight is 277 g/mol. The minimum Gasteiger partial charge on any atom is -0.310 e. The second-order valence-corrected chi connectivity index (χ2v) is 6.44. The summed E-state index contributed by atoms with van der Waals surface area (Å²) in [7, 11) is 0. The first-order valence-corrected chi connectivity index (χ1v) is 8.11. The molecule has 1 aliphatic rings. The minimum absolute atomic E-state index is 0.0145. The highest BCUT2D eigenvalue weighted by atomic mass is 19.1. The molecule has 2 heteroatoms. The Morgan fingerprint density at radius 2 is 2.15 bits per heavy atom. The largest absolute Gasteiger partial charge is 0.310 e. The molecule has 1 saturated carbocycles. The van der Waals surface area contributed by atoms with Crippen LogP contribution < -0.4 is 5.32 Å². The number of hydrogen-bond donors (Lipinski definition) is 1. The van der Waals surface area contributed by atoms with E-state index < -0.39 is 0 Å². The van der Waals surface area contributed by atoms with Gasteiger partial charge in [0.2, 0.25) is 0 Å². The van der Waals surface area contributed by atoms with Gasteiger partial charge in [-0.3, -0.25) is 0 Å². The van der Waals surface area contributed by atoms with Crippen molar-refractivity contribution in [1.82, 2.24) is 5.32 Å². The molecule has 3 atom stereocenters. The molecule has 0 radical (unpaired) electrons. The molecule has 0 spiro atoms. The smallest absolute Gasteiger partial charge is 0.130 e. The van der Waals surface area contributed by atoms with E-state index in [0.717, 1.165) is 30.0 Å². The van der Waals surface area contributed by atoms with Gasteiger partial charge in [-0.2, -0.15) is 0 Å². The highest BCUT2D eigenvalue weighted by Crippen LogP contribution is 2.38. The van der Waals surface area contributed by atoms with Crippen molar-refractivity contribution in [1.29, 1.82) is 0 Å². The van der Waals surface area contributed by atoms with E-state index in [4.69, 9.17) is 0 Å².